The van der Waals surface area contributed by atoms with Crippen LogP contribution in [0.2, 0.25) is 0 Å². The third-order valence-corrected chi connectivity index (χ3v) is 5.95. The van der Waals surface area contributed by atoms with Crippen molar-refractivity contribution >= 4 is 11.6 Å². The van der Waals surface area contributed by atoms with Crippen LogP contribution in [0.15, 0.2) is 18.2 Å². The summed E-state index contributed by atoms with van der Waals surface area (Å²) in [5.74, 6) is 0.760. The molecule has 3 rings (SSSR count). The smallest absolute Gasteiger partial charge is 0.227 e. The molecule has 1 aromatic heterocycles. The van der Waals surface area contributed by atoms with Gasteiger partial charge in [0.05, 0.1) is 12.1 Å². The summed E-state index contributed by atoms with van der Waals surface area (Å²) in [5.41, 5.74) is 7.18. The molecule has 5 heteroatoms. The SMILES string of the molecule is Cc1cccc(N2CCN(C(=O)Cc3c(C)nn(CC(C)C)c3C)CC2)c1C. The first kappa shape index (κ1) is 20.4. The van der Waals surface area contributed by atoms with Gasteiger partial charge in [-0.1, -0.05) is 26.0 Å². The van der Waals surface area contributed by atoms with Crippen LogP contribution in [0.1, 0.15) is 41.9 Å². The normalized spacial score (nSPS) is 14.8. The molecular weight excluding hydrogens is 348 g/mol. The van der Waals surface area contributed by atoms with E-state index in [-0.39, 0.29) is 5.91 Å². The van der Waals surface area contributed by atoms with Crippen LogP contribution in [0.5, 0.6) is 0 Å². The molecular formula is C23H34N4O. The maximum absolute atomic E-state index is 12.9. The van der Waals surface area contributed by atoms with Crippen LogP contribution in [0.4, 0.5) is 5.69 Å². The molecule has 1 aliphatic rings. The molecule has 0 spiro atoms. The van der Waals surface area contributed by atoms with Gasteiger partial charge in [-0.25, -0.2) is 0 Å². The van der Waals surface area contributed by atoms with E-state index in [2.05, 4.69) is 67.5 Å². The van der Waals surface area contributed by atoms with Crippen molar-refractivity contribution in [1.29, 1.82) is 0 Å². The van der Waals surface area contributed by atoms with E-state index in [0.29, 0.717) is 12.3 Å². The highest BCUT2D eigenvalue weighted by molar-refractivity contribution is 5.79. The number of nitrogens with zero attached hydrogens (tertiary/aromatic N) is 4. The van der Waals surface area contributed by atoms with Crippen LogP contribution < -0.4 is 4.90 Å². The molecule has 5 nitrogen and oxygen atoms in total. The van der Waals surface area contributed by atoms with E-state index in [1.54, 1.807) is 0 Å². The van der Waals surface area contributed by atoms with Gasteiger partial charge in [0.2, 0.25) is 5.91 Å². The average Bonchev–Trinajstić information content (AvgIpc) is 2.91. The minimum atomic E-state index is 0.218. The molecule has 28 heavy (non-hydrogen) atoms. The molecule has 1 fully saturated rings. The van der Waals surface area contributed by atoms with E-state index in [1.165, 1.54) is 16.8 Å². The number of aromatic nitrogens is 2. The number of hydrogen-bond acceptors (Lipinski definition) is 3. The fourth-order valence-corrected chi connectivity index (χ4v) is 4.05. The summed E-state index contributed by atoms with van der Waals surface area (Å²) in [7, 11) is 0. The summed E-state index contributed by atoms with van der Waals surface area (Å²) in [5, 5.41) is 4.66. The Labute approximate surface area is 169 Å². The number of rotatable bonds is 5. The number of benzene rings is 1. The van der Waals surface area contributed by atoms with Crippen LogP contribution in [-0.4, -0.2) is 46.8 Å². The molecule has 1 saturated heterocycles. The highest BCUT2D eigenvalue weighted by atomic mass is 16.2. The molecule has 0 aliphatic carbocycles. The second-order valence-corrected chi connectivity index (χ2v) is 8.49. The topological polar surface area (TPSA) is 41.4 Å². The zero-order valence-corrected chi connectivity index (χ0v) is 18.2. The molecule has 0 bridgehead atoms. The van der Waals surface area contributed by atoms with E-state index >= 15 is 0 Å². The number of hydrogen-bond donors (Lipinski definition) is 0. The molecule has 0 unspecified atom stereocenters. The van der Waals surface area contributed by atoms with Crippen molar-refractivity contribution in [3.8, 4) is 0 Å². The number of carbonyl (C=O) groups is 1. The Morgan fingerprint density at radius 2 is 1.75 bits per heavy atom. The molecule has 0 N–H and O–H groups in total. The monoisotopic (exact) mass is 382 g/mol. The molecule has 0 saturated carbocycles. The maximum Gasteiger partial charge on any atom is 0.227 e. The van der Waals surface area contributed by atoms with Crippen molar-refractivity contribution in [3.05, 3.63) is 46.3 Å². The minimum Gasteiger partial charge on any atom is -0.368 e. The quantitative estimate of drug-likeness (QED) is 0.792. The summed E-state index contributed by atoms with van der Waals surface area (Å²) < 4.78 is 2.06. The summed E-state index contributed by atoms with van der Waals surface area (Å²) in [6.07, 6.45) is 0.458. The van der Waals surface area contributed by atoms with Crippen molar-refractivity contribution in [2.75, 3.05) is 31.1 Å². The second-order valence-electron chi connectivity index (χ2n) is 8.49. The van der Waals surface area contributed by atoms with Crippen molar-refractivity contribution in [1.82, 2.24) is 14.7 Å². The zero-order chi connectivity index (χ0) is 20.4. The Balaban J connectivity index is 1.63. The Kier molecular flexibility index (Phi) is 6.11. The number of carbonyl (C=O) groups excluding carboxylic acids is 1. The van der Waals surface area contributed by atoms with E-state index in [1.807, 2.05) is 11.8 Å². The summed E-state index contributed by atoms with van der Waals surface area (Å²) >= 11 is 0. The van der Waals surface area contributed by atoms with Crippen molar-refractivity contribution in [3.63, 3.8) is 0 Å². The van der Waals surface area contributed by atoms with Crippen LogP contribution in [0.25, 0.3) is 0 Å². The van der Waals surface area contributed by atoms with Gasteiger partial charge in [0, 0.05) is 49.7 Å². The Bertz CT molecular complexity index is 845. The van der Waals surface area contributed by atoms with Crippen LogP contribution in [-0.2, 0) is 17.8 Å². The Hall–Kier alpha value is -2.30. The predicted octanol–water partition coefficient (Wildman–Crippen LogP) is 3.66. The van der Waals surface area contributed by atoms with Gasteiger partial charge in [-0.2, -0.15) is 5.10 Å². The van der Waals surface area contributed by atoms with Crippen LogP contribution in [0.3, 0.4) is 0 Å². The lowest BCUT2D eigenvalue weighted by Gasteiger charge is -2.37. The van der Waals surface area contributed by atoms with Gasteiger partial charge in [0.15, 0.2) is 0 Å². The summed E-state index contributed by atoms with van der Waals surface area (Å²) in [6, 6.07) is 6.47. The first-order valence-corrected chi connectivity index (χ1v) is 10.4. The lowest BCUT2D eigenvalue weighted by atomic mass is 10.1. The van der Waals surface area contributed by atoms with E-state index in [4.69, 9.17) is 0 Å². The number of anilines is 1. The van der Waals surface area contributed by atoms with Gasteiger partial charge < -0.3 is 9.80 Å². The molecule has 0 radical (unpaired) electrons. The first-order chi connectivity index (χ1) is 13.3. The lowest BCUT2D eigenvalue weighted by Crippen LogP contribution is -2.49. The van der Waals surface area contributed by atoms with Crippen LogP contribution >= 0.6 is 0 Å². The largest absolute Gasteiger partial charge is 0.368 e. The predicted molar refractivity (Wildman–Crippen MR) is 115 cm³/mol. The lowest BCUT2D eigenvalue weighted by molar-refractivity contribution is -0.130. The molecule has 1 amide bonds. The summed E-state index contributed by atoms with van der Waals surface area (Å²) in [4.78, 5) is 17.4. The molecule has 2 aromatic rings. The Morgan fingerprint density at radius 3 is 2.39 bits per heavy atom. The molecule has 1 aliphatic heterocycles. The van der Waals surface area contributed by atoms with Crippen molar-refractivity contribution in [2.24, 2.45) is 5.92 Å². The average molecular weight is 383 g/mol. The van der Waals surface area contributed by atoms with Crippen molar-refractivity contribution < 1.29 is 4.79 Å². The zero-order valence-electron chi connectivity index (χ0n) is 18.2. The van der Waals surface area contributed by atoms with Gasteiger partial charge in [0.1, 0.15) is 0 Å². The second kappa shape index (κ2) is 8.38. The van der Waals surface area contributed by atoms with Gasteiger partial charge in [-0.3, -0.25) is 9.48 Å². The highest BCUT2D eigenvalue weighted by Crippen LogP contribution is 2.24. The number of aryl methyl sites for hydroxylation is 2. The number of amides is 1. The fourth-order valence-electron chi connectivity index (χ4n) is 4.05. The van der Waals surface area contributed by atoms with E-state index in [0.717, 1.165) is 49.7 Å². The molecule has 152 valence electrons. The standard InChI is InChI=1S/C23H34N4O/c1-16(2)15-27-20(6)21(19(5)24-27)14-23(28)26-12-10-25(11-13-26)22-9-7-8-17(3)18(22)4/h7-9,16H,10-15H2,1-6H3. The van der Waals surface area contributed by atoms with Gasteiger partial charge >= 0.3 is 0 Å². The van der Waals surface area contributed by atoms with E-state index in [9.17, 15) is 4.79 Å². The van der Waals surface area contributed by atoms with E-state index < -0.39 is 0 Å². The first-order valence-electron chi connectivity index (χ1n) is 10.4. The van der Waals surface area contributed by atoms with Gasteiger partial charge in [-0.05, 0) is 50.8 Å². The highest BCUT2D eigenvalue weighted by Gasteiger charge is 2.24. The molecule has 0 atom stereocenters. The molecule has 2 heterocycles. The summed E-state index contributed by atoms with van der Waals surface area (Å²) in [6.45, 7) is 17.1. The van der Waals surface area contributed by atoms with Crippen LogP contribution in [0, 0.1) is 33.6 Å². The fraction of sp³-hybridized carbons (Fsp3) is 0.565. The third kappa shape index (κ3) is 4.23. The minimum absolute atomic E-state index is 0.218. The Morgan fingerprint density at radius 1 is 1.07 bits per heavy atom. The van der Waals surface area contributed by atoms with Gasteiger partial charge in [-0.15, -0.1) is 0 Å². The van der Waals surface area contributed by atoms with Crippen molar-refractivity contribution in [2.45, 2.75) is 54.5 Å². The molecule has 1 aromatic carbocycles. The number of piperazine rings is 1. The maximum atomic E-state index is 12.9. The third-order valence-electron chi connectivity index (χ3n) is 5.95. The van der Waals surface area contributed by atoms with Gasteiger partial charge in [0.25, 0.3) is 0 Å².